The van der Waals surface area contributed by atoms with Gasteiger partial charge in [-0.15, -0.1) is 0 Å². The molecule has 0 aliphatic rings. The van der Waals surface area contributed by atoms with E-state index in [1.54, 1.807) is 0 Å². The van der Waals surface area contributed by atoms with Crippen molar-refractivity contribution in [1.29, 1.82) is 0 Å². The van der Waals surface area contributed by atoms with E-state index >= 15 is 0 Å². The molecule has 0 aromatic carbocycles. The van der Waals surface area contributed by atoms with Gasteiger partial charge >= 0.3 is 11.9 Å². The van der Waals surface area contributed by atoms with E-state index in [0.717, 1.165) is 38.5 Å². The van der Waals surface area contributed by atoms with Gasteiger partial charge in [-0.1, -0.05) is 66.2 Å². The first-order valence-corrected chi connectivity index (χ1v) is 9.89. The van der Waals surface area contributed by atoms with Crippen LogP contribution in [0.15, 0.2) is 0 Å². The van der Waals surface area contributed by atoms with Crippen LogP contribution in [0.3, 0.4) is 0 Å². The van der Waals surface area contributed by atoms with Crippen LogP contribution in [0.2, 0.25) is 0 Å². The van der Waals surface area contributed by atoms with Crippen molar-refractivity contribution in [3.63, 3.8) is 0 Å². The van der Waals surface area contributed by atoms with Crippen molar-refractivity contribution in [2.75, 3.05) is 0 Å². The number of hydrogen-bond donors (Lipinski definition) is 1. The molecular formula is C20H38O4. The van der Waals surface area contributed by atoms with Gasteiger partial charge in [-0.25, -0.2) is 0 Å². The number of aliphatic carboxylic acids is 1. The maximum absolute atomic E-state index is 12.1. The van der Waals surface area contributed by atoms with E-state index in [4.69, 9.17) is 9.84 Å². The summed E-state index contributed by atoms with van der Waals surface area (Å²) in [5.41, 5.74) is 0. The van der Waals surface area contributed by atoms with Gasteiger partial charge < -0.3 is 9.84 Å². The first-order valence-electron chi connectivity index (χ1n) is 9.89. The van der Waals surface area contributed by atoms with Gasteiger partial charge in [0.1, 0.15) is 6.10 Å². The lowest BCUT2D eigenvalue weighted by atomic mass is 9.84. The molecule has 0 heterocycles. The molecule has 0 aromatic heterocycles. The molecule has 0 aliphatic carbocycles. The molecule has 1 N–H and O–H groups in total. The number of carbonyl (C=O) groups excluding carboxylic acids is 1. The average molecular weight is 343 g/mol. The third-order valence-electron chi connectivity index (χ3n) is 4.91. The molecule has 0 aliphatic heterocycles. The third-order valence-corrected chi connectivity index (χ3v) is 4.91. The number of rotatable bonds is 15. The molecule has 4 heteroatoms. The first-order chi connectivity index (χ1) is 11.5. The summed E-state index contributed by atoms with van der Waals surface area (Å²) in [4.78, 5) is 22.7. The molecule has 0 saturated carbocycles. The molecular weight excluding hydrogens is 304 g/mol. The van der Waals surface area contributed by atoms with Crippen LogP contribution in [0, 0.1) is 11.8 Å². The zero-order valence-electron chi connectivity index (χ0n) is 16.2. The largest absolute Gasteiger partial charge is 0.481 e. The molecule has 0 aromatic rings. The first kappa shape index (κ1) is 22.9. The molecule has 0 saturated heterocycles. The lowest BCUT2D eigenvalue weighted by molar-refractivity contribution is -0.155. The standard InChI is InChI=1S/C20H38O4/c1-5-9-11-16(7-3)15-18(17(8-4)12-10-6-2)24-20(23)14-13-19(21)22/h16-18H,5-15H2,1-4H3,(H,21,22). The van der Waals surface area contributed by atoms with Crippen LogP contribution in [0.25, 0.3) is 0 Å². The van der Waals surface area contributed by atoms with E-state index < -0.39 is 5.97 Å². The van der Waals surface area contributed by atoms with Gasteiger partial charge in [-0.05, 0) is 31.1 Å². The summed E-state index contributed by atoms with van der Waals surface area (Å²) in [7, 11) is 0. The molecule has 24 heavy (non-hydrogen) atoms. The third kappa shape index (κ3) is 10.7. The summed E-state index contributed by atoms with van der Waals surface area (Å²) in [5, 5.41) is 8.74. The van der Waals surface area contributed by atoms with Crippen LogP contribution in [0.5, 0.6) is 0 Å². The SMILES string of the molecule is CCCCC(CC)CC(OC(=O)CCC(=O)O)C(CC)CCCC. The predicted octanol–water partition coefficient (Wildman–Crippen LogP) is 5.59. The minimum atomic E-state index is -0.948. The highest BCUT2D eigenvalue weighted by molar-refractivity contribution is 5.76. The topological polar surface area (TPSA) is 63.6 Å². The monoisotopic (exact) mass is 342 g/mol. The Morgan fingerprint density at radius 3 is 2.04 bits per heavy atom. The second kappa shape index (κ2) is 14.3. The number of carboxylic acid groups (broad SMARTS) is 1. The Morgan fingerprint density at radius 2 is 1.54 bits per heavy atom. The summed E-state index contributed by atoms with van der Waals surface area (Å²) < 4.78 is 5.76. The molecule has 0 spiro atoms. The summed E-state index contributed by atoms with van der Waals surface area (Å²) in [6.07, 6.45) is 9.73. The van der Waals surface area contributed by atoms with Gasteiger partial charge in [0, 0.05) is 0 Å². The molecule has 4 nitrogen and oxygen atoms in total. The number of esters is 1. The summed E-state index contributed by atoms with van der Waals surface area (Å²) in [5.74, 6) is -0.342. The van der Waals surface area contributed by atoms with Crippen molar-refractivity contribution in [3.8, 4) is 0 Å². The van der Waals surface area contributed by atoms with Crippen LogP contribution >= 0.6 is 0 Å². The number of hydrogen-bond acceptors (Lipinski definition) is 3. The minimum Gasteiger partial charge on any atom is -0.481 e. The Labute approximate surface area is 148 Å². The van der Waals surface area contributed by atoms with Gasteiger partial charge in [0.15, 0.2) is 0 Å². The second-order valence-electron chi connectivity index (χ2n) is 6.88. The molecule has 3 atom stereocenters. The highest BCUT2D eigenvalue weighted by Crippen LogP contribution is 2.28. The maximum atomic E-state index is 12.1. The lowest BCUT2D eigenvalue weighted by Crippen LogP contribution is -2.29. The summed E-state index contributed by atoms with van der Waals surface area (Å²) in [6.45, 7) is 8.74. The van der Waals surface area contributed by atoms with E-state index in [9.17, 15) is 9.59 Å². The van der Waals surface area contributed by atoms with E-state index in [1.165, 1.54) is 19.3 Å². The Kier molecular flexibility index (Phi) is 13.7. The van der Waals surface area contributed by atoms with Gasteiger partial charge in [0.25, 0.3) is 0 Å². The van der Waals surface area contributed by atoms with Crippen LogP contribution in [0.4, 0.5) is 0 Å². The summed E-state index contributed by atoms with van der Waals surface area (Å²) in [6, 6.07) is 0. The predicted molar refractivity (Wildman–Crippen MR) is 98.0 cm³/mol. The van der Waals surface area contributed by atoms with Crippen molar-refractivity contribution in [2.45, 2.75) is 104 Å². The van der Waals surface area contributed by atoms with Crippen molar-refractivity contribution in [3.05, 3.63) is 0 Å². The molecule has 0 amide bonds. The fraction of sp³-hybridized carbons (Fsp3) is 0.900. The zero-order chi connectivity index (χ0) is 18.4. The van der Waals surface area contributed by atoms with Crippen molar-refractivity contribution >= 4 is 11.9 Å². The fourth-order valence-electron chi connectivity index (χ4n) is 3.20. The lowest BCUT2D eigenvalue weighted by Gasteiger charge is -2.29. The van der Waals surface area contributed by atoms with Crippen molar-refractivity contribution < 1.29 is 19.4 Å². The molecule has 0 radical (unpaired) electrons. The molecule has 0 bridgehead atoms. The van der Waals surface area contributed by atoms with E-state index in [2.05, 4.69) is 27.7 Å². The van der Waals surface area contributed by atoms with Crippen LogP contribution in [-0.4, -0.2) is 23.1 Å². The molecule has 3 unspecified atom stereocenters. The smallest absolute Gasteiger partial charge is 0.306 e. The van der Waals surface area contributed by atoms with Crippen molar-refractivity contribution in [1.82, 2.24) is 0 Å². The van der Waals surface area contributed by atoms with Crippen LogP contribution < -0.4 is 0 Å². The Balaban J connectivity index is 4.83. The summed E-state index contributed by atoms with van der Waals surface area (Å²) >= 11 is 0. The zero-order valence-corrected chi connectivity index (χ0v) is 16.2. The highest BCUT2D eigenvalue weighted by Gasteiger charge is 2.26. The van der Waals surface area contributed by atoms with Crippen LogP contribution in [0.1, 0.15) is 98.3 Å². The Hall–Kier alpha value is -1.06. The second-order valence-corrected chi connectivity index (χ2v) is 6.88. The number of carboxylic acids is 1. The van der Waals surface area contributed by atoms with Gasteiger partial charge in [-0.3, -0.25) is 9.59 Å². The number of carbonyl (C=O) groups is 2. The van der Waals surface area contributed by atoms with Gasteiger partial charge in [0.2, 0.25) is 0 Å². The van der Waals surface area contributed by atoms with Gasteiger partial charge in [-0.2, -0.15) is 0 Å². The Morgan fingerprint density at radius 1 is 0.917 bits per heavy atom. The Bertz CT molecular complexity index is 341. The van der Waals surface area contributed by atoms with Crippen molar-refractivity contribution in [2.24, 2.45) is 11.8 Å². The normalized spacial score (nSPS) is 14.8. The number of unbranched alkanes of at least 4 members (excludes halogenated alkanes) is 2. The highest BCUT2D eigenvalue weighted by atomic mass is 16.5. The molecule has 142 valence electrons. The van der Waals surface area contributed by atoms with E-state index in [-0.39, 0.29) is 24.9 Å². The average Bonchev–Trinajstić information content (AvgIpc) is 2.56. The van der Waals surface area contributed by atoms with Crippen LogP contribution in [-0.2, 0) is 14.3 Å². The molecule has 0 rings (SSSR count). The fourth-order valence-corrected chi connectivity index (χ4v) is 3.20. The van der Waals surface area contributed by atoms with Gasteiger partial charge in [0.05, 0.1) is 12.8 Å². The molecule has 0 fully saturated rings. The van der Waals surface area contributed by atoms with E-state index in [1.807, 2.05) is 0 Å². The van der Waals surface area contributed by atoms with E-state index in [0.29, 0.717) is 11.8 Å². The minimum absolute atomic E-state index is 0.0260. The number of ether oxygens (including phenoxy) is 1. The quantitative estimate of drug-likeness (QED) is 0.394. The maximum Gasteiger partial charge on any atom is 0.306 e.